The summed E-state index contributed by atoms with van der Waals surface area (Å²) < 4.78 is 14.0. The van der Waals surface area contributed by atoms with Crippen molar-refractivity contribution in [3.05, 3.63) is 45.7 Å². The average Bonchev–Trinajstić information content (AvgIpc) is 3.15. The van der Waals surface area contributed by atoms with Gasteiger partial charge in [-0.15, -0.1) is 0 Å². The van der Waals surface area contributed by atoms with Gasteiger partial charge in [-0.2, -0.15) is 0 Å². The Bertz CT molecular complexity index is 732. The standard InChI is InChI=1S/C14H13FN2O2/c1-16-12(18)10-6-8-2-3-9(14(15)4-5-14)7-11(8)17-13(10)19/h2-3,6-7H,4-5H2,1H3,(H,16,18)(H,17,19). The van der Waals surface area contributed by atoms with Gasteiger partial charge in [0.05, 0.1) is 0 Å². The zero-order chi connectivity index (χ0) is 13.6. The van der Waals surface area contributed by atoms with Crippen LogP contribution in [0.4, 0.5) is 4.39 Å². The van der Waals surface area contributed by atoms with Gasteiger partial charge >= 0.3 is 0 Å². The van der Waals surface area contributed by atoms with Crippen molar-refractivity contribution in [3.8, 4) is 0 Å². The van der Waals surface area contributed by atoms with Crippen molar-refractivity contribution in [3.63, 3.8) is 0 Å². The molecular weight excluding hydrogens is 247 g/mol. The Balaban J connectivity index is 2.16. The first-order valence-electron chi connectivity index (χ1n) is 6.12. The van der Waals surface area contributed by atoms with Crippen LogP contribution in [0.2, 0.25) is 0 Å². The third-order valence-electron chi connectivity index (χ3n) is 3.52. The zero-order valence-corrected chi connectivity index (χ0v) is 10.4. The number of pyridine rings is 1. The molecule has 4 nitrogen and oxygen atoms in total. The van der Waals surface area contributed by atoms with Crippen LogP contribution in [-0.2, 0) is 5.67 Å². The lowest BCUT2D eigenvalue weighted by Crippen LogP contribution is -2.26. The topological polar surface area (TPSA) is 62.0 Å². The molecule has 1 heterocycles. The molecule has 5 heteroatoms. The first kappa shape index (κ1) is 11.9. The molecule has 0 unspecified atom stereocenters. The molecule has 1 aromatic heterocycles. The minimum Gasteiger partial charge on any atom is -0.355 e. The predicted octanol–water partition coefficient (Wildman–Crippen LogP) is 1.85. The van der Waals surface area contributed by atoms with Crippen LogP contribution in [0.5, 0.6) is 0 Å². The molecule has 1 aromatic carbocycles. The van der Waals surface area contributed by atoms with Gasteiger partial charge < -0.3 is 10.3 Å². The maximum absolute atomic E-state index is 14.0. The highest BCUT2D eigenvalue weighted by Crippen LogP contribution is 2.49. The molecule has 3 rings (SSSR count). The number of alkyl halides is 1. The van der Waals surface area contributed by atoms with Gasteiger partial charge in [0.1, 0.15) is 11.2 Å². The molecule has 2 aromatic rings. The highest BCUT2D eigenvalue weighted by atomic mass is 19.1. The summed E-state index contributed by atoms with van der Waals surface area (Å²) in [5, 5.41) is 3.13. The summed E-state index contributed by atoms with van der Waals surface area (Å²) in [4.78, 5) is 26.0. The highest BCUT2D eigenvalue weighted by molar-refractivity contribution is 5.97. The number of hydrogen-bond donors (Lipinski definition) is 2. The van der Waals surface area contributed by atoms with Crippen molar-refractivity contribution in [2.24, 2.45) is 0 Å². The summed E-state index contributed by atoms with van der Waals surface area (Å²) in [6.45, 7) is 0. The number of fused-ring (bicyclic) bond motifs is 1. The van der Waals surface area contributed by atoms with E-state index in [4.69, 9.17) is 0 Å². The van der Waals surface area contributed by atoms with E-state index < -0.39 is 17.1 Å². The number of aromatic nitrogens is 1. The van der Waals surface area contributed by atoms with Gasteiger partial charge in [-0.1, -0.05) is 12.1 Å². The van der Waals surface area contributed by atoms with Gasteiger partial charge in [-0.25, -0.2) is 4.39 Å². The Morgan fingerprint density at radius 1 is 1.37 bits per heavy atom. The molecule has 0 bridgehead atoms. The number of aromatic amines is 1. The number of halogens is 1. The second-order valence-electron chi connectivity index (χ2n) is 4.86. The molecule has 98 valence electrons. The van der Waals surface area contributed by atoms with E-state index in [2.05, 4.69) is 10.3 Å². The average molecular weight is 260 g/mol. The van der Waals surface area contributed by atoms with Gasteiger partial charge in [-0.05, 0) is 35.9 Å². The van der Waals surface area contributed by atoms with Crippen molar-refractivity contribution in [1.29, 1.82) is 0 Å². The Kier molecular flexibility index (Phi) is 2.45. The van der Waals surface area contributed by atoms with Crippen molar-refractivity contribution in [1.82, 2.24) is 10.3 Å². The maximum Gasteiger partial charge on any atom is 0.261 e. The van der Waals surface area contributed by atoms with Gasteiger partial charge in [0, 0.05) is 12.6 Å². The Morgan fingerprint density at radius 3 is 2.74 bits per heavy atom. The fourth-order valence-electron chi connectivity index (χ4n) is 2.18. The highest BCUT2D eigenvalue weighted by Gasteiger charge is 2.44. The van der Waals surface area contributed by atoms with Crippen molar-refractivity contribution in [2.45, 2.75) is 18.5 Å². The molecule has 0 aliphatic heterocycles. The minimum absolute atomic E-state index is 0.0594. The molecule has 0 atom stereocenters. The number of carbonyl (C=O) groups excluding carboxylic acids is 1. The van der Waals surface area contributed by atoms with Crippen LogP contribution in [0.1, 0.15) is 28.8 Å². The zero-order valence-electron chi connectivity index (χ0n) is 10.4. The summed E-state index contributed by atoms with van der Waals surface area (Å²) in [5.41, 5.74) is -0.496. The SMILES string of the molecule is CNC(=O)c1cc2ccc(C3(F)CC3)cc2[nH]c1=O. The first-order valence-corrected chi connectivity index (χ1v) is 6.12. The van der Waals surface area contributed by atoms with E-state index in [1.165, 1.54) is 13.1 Å². The molecule has 0 radical (unpaired) electrons. The predicted molar refractivity (Wildman–Crippen MR) is 70.0 cm³/mol. The number of carbonyl (C=O) groups is 1. The van der Waals surface area contributed by atoms with Crippen molar-refractivity contribution >= 4 is 16.8 Å². The lowest BCUT2D eigenvalue weighted by molar-refractivity contribution is 0.0962. The molecule has 0 saturated heterocycles. The smallest absolute Gasteiger partial charge is 0.261 e. The quantitative estimate of drug-likeness (QED) is 0.865. The molecule has 1 aliphatic carbocycles. The van der Waals surface area contributed by atoms with Gasteiger partial charge in [-0.3, -0.25) is 9.59 Å². The van der Waals surface area contributed by atoms with E-state index in [1.807, 2.05) is 0 Å². The number of hydrogen-bond acceptors (Lipinski definition) is 2. The monoisotopic (exact) mass is 260 g/mol. The lowest BCUT2D eigenvalue weighted by atomic mass is 10.0. The van der Waals surface area contributed by atoms with Crippen LogP contribution in [0.25, 0.3) is 10.9 Å². The molecule has 1 fully saturated rings. The Labute approximate surface area is 108 Å². The van der Waals surface area contributed by atoms with Crippen LogP contribution >= 0.6 is 0 Å². The maximum atomic E-state index is 14.0. The lowest BCUT2D eigenvalue weighted by Gasteiger charge is -2.07. The molecule has 2 N–H and O–H groups in total. The van der Waals surface area contributed by atoms with Crippen LogP contribution < -0.4 is 10.9 Å². The number of amides is 1. The Morgan fingerprint density at radius 2 is 2.11 bits per heavy atom. The normalized spacial score (nSPS) is 16.3. The van der Waals surface area contributed by atoms with Crippen LogP contribution in [0, 0.1) is 0 Å². The summed E-state index contributed by atoms with van der Waals surface area (Å²) in [5.74, 6) is -0.434. The fourth-order valence-corrected chi connectivity index (χ4v) is 2.18. The first-order chi connectivity index (χ1) is 9.03. The van der Waals surface area contributed by atoms with E-state index in [1.54, 1.807) is 18.2 Å². The molecule has 1 saturated carbocycles. The van der Waals surface area contributed by atoms with E-state index in [9.17, 15) is 14.0 Å². The van der Waals surface area contributed by atoms with E-state index in [0.717, 1.165) is 0 Å². The minimum atomic E-state index is -1.23. The Hall–Kier alpha value is -2.17. The fraction of sp³-hybridized carbons (Fsp3) is 0.286. The number of H-pyrrole nitrogens is 1. The van der Waals surface area contributed by atoms with Crippen LogP contribution in [0.3, 0.4) is 0 Å². The molecule has 1 aliphatic rings. The molecule has 1 amide bonds. The van der Waals surface area contributed by atoms with Gasteiger partial charge in [0.2, 0.25) is 0 Å². The summed E-state index contributed by atoms with van der Waals surface area (Å²) in [6, 6.07) is 6.61. The summed E-state index contributed by atoms with van der Waals surface area (Å²) >= 11 is 0. The third kappa shape index (κ3) is 1.91. The number of benzene rings is 1. The molecule has 0 spiro atoms. The third-order valence-corrected chi connectivity index (χ3v) is 3.52. The number of rotatable bonds is 2. The van der Waals surface area contributed by atoms with E-state index in [0.29, 0.717) is 29.3 Å². The number of nitrogens with one attached hydrogen (secondary N) is 2. The molecule has 19 heavy (non-hydrogen) atoms. The second kappa shape index (κ2) is 3.91. The molecular formula is C14H13FN2O2. The van der Waals surface area contributed by atoms with Crippen molar-refractivity contribution < 1.29 is 9.18 Å². The second-order valence-corrected chi connectivity index (χ2v) is 4.86. The van der Waals surface area contributed by atoms with Crippen LogP contribution in [0.15, 0.2) is 29.1 Å². The van der Waals surface area contributed by atoms with Crippen molar-refractivity contribution in [2.75, 3.05) is 7.05 Å². The summed E-state index contributed by atoms with van der Waals surface area (Å²) in [7, 11) is 1.47. The van der Waals surface area contributed by atoms with Gasteiger partial charge in [0.15, 0.2) is 0 Å². The summed E-state index contributed by atoms with van der Waals surface area (Å²) in [6.07, 6.45) is 1.05. The van der Waals surface area contributed by atoms with Gasteiger partial charge in [0.25, 0.3) is 11.5 Å². The van der Waals surface area contributed by atoms with E-state index in [-0.39, 0.29) is 5.56 Å². The largest absolute Gasteiger partial charge is 0.355 e. The van der Waals surface area contributed by atoms with Crippen LogP contribution in [-0.4, -0.2) is 17.9 Å². The van der Waals surface area contributed by atoms with E-state index >= 15 is 0 Å².